The molecule has 0 radical (unpaired) electrons. The first-order valence-corrected chi connectivity index (χ1v) is 12.2. The molecule has 0 aliphatic rings. The van der Waals surface area contributed by atoms with Crippen LogP contribution in [-0.4, -0.2) is 29.0 Å². The summed E-state index contributed by atoms with van der Waals surface area (Å²) in [7, 11) is 1.61. The number of nitrogens with zero attached hydrogens (tertiary/aromatic N) is 3. The molecule has 0 unspecified atom stereocenters. The van der Waals surface area contributed by atoms with Gasteiger partial charge in [-0.15, -0.1) is 22.7 Å². The molecule has 1 amide bonds. The molecule has 0 aliphatic carbocycles. The largest absolute Gasteiger partial charge is 0.497 e. The normalized spacial score (nSPS) is 10.7. The molecule has 0 fully saturated rings. The Morgan fingerprint density at radius 2 is 1.74 bits per heavy atom. The molecule has 7 nitrogen and oxygen atoms in total. The van der Waals surface area contributed by atoms with Crippen molar-refractivity contribution in [3.8, 4) is 16.3 Å². The highest BCUT2D eigenvalue weighted by atomic mass is 32.1. The number of hydrogen-bond acceptors (Lipinski definition) is 8. The molecule has 2 aromatic heterocycles. The van der Waals surface area contributed by atoms with Crippen molar-refractivity contribution in [2.45, 2.75) is 27.4 Å². The number of anilines is 2. The van der Waals surface area contributed by atoms with E-state index in [1.54, 1.807) is 22.8 Å². The maximum Gasteiger partial charge on any atom is 0.358 e. The van der Waals surface area contributed by atoms with Crippen LogP contribution >= 0.6 is 22.7 Å². The van der Waals surface area contributed by atoms with Crippen LogP contribution in [0.2, 0.25) is 0 Å². The van der Waals surface area contributed by atoms with Crippen LogP contribution in [0.4, 0.5) is 10.8 Å². The van der Waals surface area contributed by atoms with Gasteiger partial charge in [0.25, 0.3) is 0 Å². The Hall–Kier alpha value is -3.56. The Morgan fingerprint density at radius 1 is 0.971 bits per heavy atom. The minimum atomic E-state index is -0.525. The number of benzene rings is 2. The number of hydrogen-bond donors (Lipinski definition) is 0. The molecule has 2 heterocycles. The fraction of sp³-hybridized carbons (Fsp3) is 0.200. The van der Waals surface area contributed by atoms with Gasteiger partial charge in [-0.05, 0) is 61.4 Å². The van der Waals surface area contributed by atoms with Gasteiger partial charge < -0.3 is 9.47 Å². The average Bonchev–Trinajstić information content (AvgIpc) is 3.50. The van der Waals surface area contributed by atoms with Crippen molar-refractivity contribution in [3.63, 3.8) is 0 Å². The van der Waals surface area contributed by atoms with E-state index in [9.17, 15) is 9.59 Å². The predicted octanol–water partition coefficient (Wildman–Crippen LogP) is 5.93. The number of methoxy groups -OCH3 is 1. The third-order valence-corrected chi connectivity index (χ3v) is 6.96. The highest BCUT2D eigenvalue weighted by molar-refractivity contribution is 7.14. The molecule has 0 atom stereocenters. The standard InChI is InChI=1S/C25H23N3O4S2/c1-15-5-8-20(11-16(15)2)28(17(3)29)25-26-19(13-34-25)12-32-24(30)22-14-33-23(27-22)18-6-9-21(31-4)10-7-18/h5-11,13-14H,12H2,1-4H3. The van der Waals surface area contributed by atoms with Gasteiger partial charge in [0, 0.05) is 23.2 Å². The molecule has 4 rings (SSSR count). The average molecular weight is 494 g/mol. The number of carbonyl (C=O) groups excluding carboxylic acids is 2. The molecule has 0 saturated carbocycles. The number of aromatic nitrogens is 2. The number of ether oxygens (including phenoxy) is 2. The van der Waals surface area contributed by atoms with Crippen LogP contribution in [0.1, 0.15) is 34.2 Å². The molecular formula is C25H23N3O4S2. The van der Waals surface area contributed by atoms with Crippen molar-refractivity contribution in [1.82, 2.24) is 9.97 Å². The summed E-state index contributed by atoms with van der Waals surface area (Å²) in [5.74, 6) is 0.0845. The van der Waals surface area contributed by atoms with Gasteiger partial charge in [-0.25, -0.2) is 14.8 Å². The van der Waals surface area contributed by atoms with Crippen LogP contribution in [0.3, 0.4) is 0 Å². The summed E-state index contributed by atoms with van der Waals surface area (Å²) in [6.45, 7) is 5.51. The lowest BCUT2D eigenvalue weighted by Gasteiger charge is -2.19. The van der Waals surface area contributed by atoms with Crippen LogP contribution < -0.4 is 9.64 Å². The fourth-order valence-corrected chi connectivity index (χ4v) is 4.87. The maximum absolute atomic E-state index is 12.5. The van der Waals surface area contributed by atoms with Gasteiger partial charge in [-0.2, -0.15) is 0 Å². The molecular weight excluding hydrogens is 470 g/mol. The maximum atomic E-state index is 12.5. The van der Waals surface area contributed by atoms with Crippen LogP contribution in [0.15, 0.2) is 53.2 Å². The summed E-state index contributed by atoms with van der Waals surface area (Å²) in [6.07, 6.45) is 0. The SMILES string of the molecule is COc1ccc(-c2nc(C(=O)OCc3csc(N(C(C)=O)c4ccc(C)c(C)c4)n3)cs2)cc1. The second kappa shape index (κ2) is 10.1. The van der Waals surface area contributed by atoms with Crippen molar-refractivity contribution >= 4 is 45.4 Å². The first-order chi connectivity index (χ1) is 16.4. The number of carbonyl (C=O) groups is 2. The van der Waals surface area contributed by atoms with E-state index in [0.29, 0.717) is 10.8 Å². The molecule has 9 heteroatoms. The van der Waals surface area contributed by atoms with Crippen LogP contribution in [0.5, 0.6) is 5.75 Å². The summed E-state index contributed by atoms with van der Waals surface area (Å²) >= 11 is 2.69. The Kier molecular flexibility index (Phi) is 7.04. The molecule has 0 aliphatic heterocycles. The zero-order chi connectivity index (χ0) is 24.2. The fourth-order valence-electron chi connectivity index (χ4n) is 3.20. The lowest BCUT2D eigenvalue weighted by atomic mass is 10.1. The van der Waals surface area contributed by atoms with Crippen molar-refractivity contribution in [3.05, 3.63) is 75.7 Å². The van der Waals surface area contributed by atoms with Crippen molar-refractivity contribution in [2.24, 2.45) is 0 Å². The van der Waals surface area contributed by atoms with E-state index in [0.717, 1.165) is 33.1 Å². The van der Waals surface area contributed by atoms with Crippen LogP contribution in [-0.2, 0) is 16.1 Å². The number of amides is 1. The number of aryl methyl sites for hydroxylation is 2. The van der Waals surface area contributed by atoms with E-state index in [1.807, 2.05) is 56.3 Å². The lowest BCUT2D eigenvalue weighted by Crippen LogP contribution is -2.22. The lowest BCUT2D eigenvalue weighted by molar-refractivity contribution is -0.115. The van der Waals surface area contributed by atoms with Gasteiger partial charge in [0.1, 0.15) is 17.4 Å². The first kappa shape index (κ1) is 23.6. The number of thiazole rings is 2. The summed E-state index contributed by atoms with van der Waals surface area (Å²) in [4.78, 5) is 35.3. The van der Waals surface area contributed by atoms with Gasteiger partial charge in [0.2, 0.25) is 5.91 Å². The van der Waals surface area contributed by atoms with E-state index >= 15 is 0 Å². The first-order valence-electron chi connectivity index (χ1n) is 10.4. The summed E-state index contributed by atoms with van der Waals surface area (Å²) in [6, 6.07) is 13.3. The Labute approximate surface area is 205 Å². The highest BCUT2D eigenvalue weighted by Crippen LogP contribution is 2.31. The van der Waals surface area contributed by atoms with Gasteiger partial charge in [-0.3, -0.25) is 9.69 Å². The smallest absolute Gasteiger partial charge is 0.358 e. The molecule has 4 aromatic rings. The van der Waals surface area contributed by atoms with Gasteiger partial charge in [0.05, 0.1) is 18.5 Å². The van der Waals surface area contributed by atoms with E-state index in [2.05, 4.69) is 9.97 Å². The topological polar surface area (TPSA) is 81.6 Å². The Bertz CT molecular complexity index is 1330. The molecule has 34 heavy (non-hydrogen) atoms. The second-order valence-electron chi connectivity index (χ2n) is 7.59. The van der Waals surface area contributed by atoms with Gasteiger partial charge in [0.15, 0.2) is 10.8 Å². The van der Waals surface area contributed by atoms with Crippen molar-refractivity contribution in [2.75, 3.05) is 12.0 Å². The minimum absolute atomic E-state index is 0.0105. The zero-order valence-electron chi connectivity index (χ0n) is 19.2. The van der Waals surface area contributed by atoms with Crippen molar-refractivity contribution in [1.29, 1.82) is 0 Å². The predicted molar refractivity (Wildman–Crippen MR) is 134 cm³/mol. The van der Waals surface area contributed by atoms with E-state index in [1.165, 1.54) is 29.6 Å². The Morgan fingerprint density at radius 3 is 2.41 bits per heavy atom. The summed E-state index contributed by atoms with van der Waals surface area (Å²) in [5, 5.41) is 4.70. The molecule has 0 spiro atoms. The highest BCUT2D eigenvalue weighted by Gasteiger charge is 2.20. The van der Waals surface area contributed by atoms with Gasteiger partial charge in [-0.1, -0.05) is 6.07 Å². The van der Waals surface area contributed by atoms with E-state index in [-0.39, 0.29) is 18.2 Å². The Balaban J connectivity index is 1.43. The quantitative estimate of drug-likeness (QED) is 0.297. The molecule has 2 aromatic carbocycles. The van der Waals surface area contributed by atoms with Crippen molar-refractivity contribution < 1.29 is 19.1 Å². The molecule has 0 N–H and O–H groups in total. The van der Waals surface area contributed by atoms with Crippen LogP contribution in [0.25, 0.3) is 10.6 Å². The zero-order valence-corrected chi connectivity index (χ0v) is 20.8. The molecule has 174 valence electrons. The third kappa shape index (κ3) is 5.16. The van der Waals surface area contributed by atoms with Gasteiger partial charge >= 0.3 is 5.97 Å². The molecule has 0 saturated heterocycles. The van der Waals surface area contributed by atoms with E-state index in [4.69, 9.17) is 9.47 Å². The van der Waals surface area contributed by atoms with Crippen LogP contribution in [0, 0.1) is 13.8 Å². The second-order valence-corrected chi connectivity index (χ2v) is 9.28. The number of rotatable bonds is 7. The monoisotopic (exact) mass is 493 g/mol. The summed E-state index contributed by atoms with van der Waals surface area (Å²) in [5.41, 5.74) is 4.69. The third-order valence-electron chi connectivity index (χ3n) is 5.20. The summed E-state index contributed by atoms with van der Waals surface area (Å²) < 4.78 is 10.6. The minimum Gasteiger partial charge on any atom is -0.497 e. The molecule has 0 bridgehead atoms. The van der Waals surface area contributed by atoms with E-state index < -0.39 is 5.97 Å². The number of esters is 1.